The molecule has 1 fully saturated rings. The number of anilines is 1. The zero-order valence-corrected chi connectivity index (χ0v) is 18.3. The molecule has 1 saturated heterocycles. The number of hydrogen-bond donors (Lipinski definition) is 0. The number of nitrogens with zero attached hydrogens (tertiary/aromatic N) is 5. The molecule has 0 radical (unpaired) electrons. The smallest absolute Gasteiger partial charge is 0.355 e. The monoisotopic (exact) mass is 451 g/mol. The number of alkyl halides is 3. The fraction of sp³-hybridized carbons (Fsp3) is 0.320. The molecule has 5 nitrogen and oxygen atoms in total. The van der Waals surface area contributed by atoms with Crippen LogP contribution in [0.3, 0.4) is 0 Å². The summed E-state index contributed by atoms with van der Waals surface area (Å²) in [5, 5.41) is 0. The van der Waals surface area contributed by atoms with Crippen LogP contribution >= 0.6 is 0 Å². The lowest BCUT2D eigenvalue weighted by molar-refractivity contribution is -0.137. The van der Waals surface area contributed by atoms with Crippen LogP contribution in [-0.2, 0) is 19.1 Å². The van der Waals surface area contributed by atoms with Crippen molar-refractivity contribution in [1.29, 1.82) is 0 Å². The van der Waals surface area contributed by atoms with Crippen LogP contribution in [0.25, 0.3) is 22.6 Å². The van der Waals surface area contributed by atoms with Crippen molar-refractivity contribution in [3.63, 3.8) is 0 Å². The average Bonchev–Trinajstić information content (AvgIpc) is 3.48. The highest BCUT2D eigenvalue weighted by Gasteiger charge is 2.30. The number of aromatic nitrogens is 4. The van der Waals surface area contributed by atoms with Crippen LogP contribution in [0.5, 0.6) is 0 Å². The standard InChI is InChI=1S/C25H24F3N5/c1-2-17-6-5-7-19(14-17)23-31-22-21(24(30-16-29-22)32-12-3-4-13-32)33(23)15-18-8-10-20(11-9-18)25(26,27)28/h5-11,14,16H,2-4,12-13,15H2,1H3. The number of imidazole rings is 1. The molecule has 5 rings (SSSR count). The first-order valence-electron chi connectivity index (χ1n) is 11.2. The van der Waals surface area contributed by atoms with E-state index in [1.54, 1.807) is 0 Å². The Morgan fingerprint density at radius 3 is 2.39 bits per heavy atom. The Labute approximate surface area is 189 Å². The Balaban J connectivity index is 1.66. The third-order valence-electron chi connectivity index (χ3n) is 6.14. The summed E-state index contributed by atoms with van der Waals surface area (Å²) in [7, 11) is 0. The van der Waals surface area contributed by atoms with Gasteiger partial charge in [0.15, 0.2) is 11.5 Å². The molecule has 0 unspecified atom stereocenters. The van der Waals surface area contributed by atoms with E-state index >= 15 is 0 Å². The van der Waals surface area contributed by atoms with E-state index in [9.17, 15) is 13.2 Å². The van der Waals surface area contributed by atoms with Gasteiger partial charge in [-0.1, -0.05) is 37.3 Å². The maximum absolute atomic E-state index is 13.1. The lowest BCUT2D eigenvalue weighted by Crippen LogP contribution is -2.20. The average molecular weight is 451 g/mol. The van der Waals surface area contributed by atoms with Crippen molar-refractivity contribution in [2.24, 2.45) is 0 Å². The molecular weight excluding hydrogens is 427 g/mol. The van der Waals surface area contributed by atoms with E-state index in [2.05, 4.69) is 33.9 Å². The van der Waals surface area contributed by atoms with Crippen molar-refractivity contribution in [2.75, 3.05) is 18.0 Å². The number of benzene rings is 2. The van der Waals surface area contributed by atoms with Crippen LogP contribution in [-0.4, -0.2) is 32.6 Å². The topological polar surface area (TPSA) is 46.8 Å². The molecule has 1 aliphatic rings. The second kappa shape index (κ2) is 8.50. The highest BCUT2D eigenvalue weighted by Crippen LogP contribution is 2.33. The van der Waals surface area contributed by atoms with Crippen molar-refractivity contribution in [3.05, 3.63) is 71.5 Å². The first-order valence-corrected chi connectivity index (χ1v) is 11.2. The van der Waals surface area contributed by atoms with Gasteiger partial charge in [0.1, 0.15) is 17.7 Å². The second-order valence-electron chi connectivity index (χ2n) is 8.33. The quantitative estimate of drug-likeness (QED) is 0.389. The largest absolute Gasteiger partial charge is 0.416 e. The Morgan fingerprint density at radius 1 is 0.939 bits per heavy atom. The SMILES string of the molecule is CCc1cccc(-c2nc3ncnc(N4CCCC4)c3n2Cc2ccc(C(F)(F)F)cc2)c1. The van der Waals surface area contributed by atoms with Gasteiger partial charge in [0, 0.05) is 25.2 Å². The normalized spacial score (nSPS) is 14.4. The van der Waals surface area contributed by atoms with Crippen molar-refractivity contribution in [2.45, 2.75) is 38.9 Å². The lowest BCUT2D eigenvalue weighted by atomic mass is 10.1. The van der Waals surface area contributed by atoms with Gasteiger partial charge in [-0.15, -0.1) is 0 Å². The van der Waals surface area contributed by atoms with Gasteiger partial charge in [0.05, 0.1) is 5.56 Å². The molecule has 0 N–H and O–H groups in total. The summed E-state index contributed by atoms with van der Waals surface area (Å²) in [5.74, 6) is 1.57. The van der Waals surface area contributed by atoms with Crippen LogP contribution in [0.15, 0.2) is 54.9 Å². The summed E-state index contributed by atoms with van der Waals surface area (Å²) in [5.41, 5.74) is 3.65. The predicted molar refractivity (Wildman–Crippen MR) is 122 cm³/mol. The van der Waals surface area contributed by atoms with Crippen LogP contribution in [0.1, 0.15) is 36.5 Å². The first-order chi connectivity index (χ1) is 15.9. The molecule has 0 saturated carbocycles. The summed E-state index contributed by atoms with van der Waals surface area (Å²) in [6.07, 6.45) is 0.278. The number of fused-ring (bicyclic) bond motifs is 1. The zero-order valence-electron chi connectivity index (χ0n) is 18.3. The molecule has 170 valence electrons. The maximum Gasteiger partial charge on any atom is 0.416 e. The number of hydrogen-bond acceptors (Lipinski definition) is 4. The third kappa shape index (κ3) is 4.17. The van der Waals surface area contributed by atoms with E-state index in [0.717, 1.165) is 72.8 Å². The summed E-state index contributed by atoms with van der Waals surface area (Å²) < 4.78 is 41.2. The molecule has 0 bridgehead atoms. The highest BCUT2D eigenvalue weighted by molar-refractivity contribution is 5.87. The molecule has 4 aromatic rings. The van der Waals surface area contributed by atoms with Gasteiger partial charge in [0.25, 0.3) is 0 Å². The van der Waals surface area contributed by atoms with Crippen molar-refractivity contribution in [3.8, 4) is 11.4 Å². The maximum atomic E-state index is 13.1. The third-order valence-corrected chi connectivity index (χ3v) is 6.14. The van der Waals surface area contributed by atoms with Gasteiger partial charge in [-0.25, -0.2) is 15.0 Å². The summed E-state index contributed by atoms with van der Waals surface area (Å²) >= 11 is 0. The molecule has 2 aromatic heterocycles. The van der Waals surface area contributed by atoms with E-state index in [-0.39, 0.29) is 0 Å². The molecule has 0 aliphatic carbocycles. The van der Waals surface area contributed by atoms with E-state index in [1.807, 2.05) is 16.7 Å². The van der Waals surface area contributed by atoms with E-state index in [4.69, 9.17) is 4.98 Å². The second-order valence-corrected chi connectivity index (χ2v) is 8.33. The molecule has 2 aromatic carbocycles. The van der Waals surface area contributed by atoms with Crippen LogP contribution < -0.4 is 4.90 Å². The molecule has 0 atom stereocenters. The van der Waals surface area contributed by atoms with Gasteiger partial charge in [-0.3, -0.25) is 0 Å². The van der Waals surface area contributed by atoms with Crippen molar-refractivity contribution in [1.82, 2.24) is 19.5 Å². The number of rotatable bonds is 5. The summed E-state index contributed by atoms with van der Waals surface area (Å²) in [4.78, 5) is 16.1. The molecular formula is C25H24F3N5. The van der Waals surface area contributed by atoms with Crippen LogP contribution in [0, 0.1) is 0 Å². The fourth-order valence-corrected chi connectivity index (χ4v) is 4.40. The van der Waals surface area contributed by atoms with Gasteiger partial charge in [0.2, 0.25) is 0 Å². The van der Waals surface area contributed by atoms with Crippen molar-refractivity contribution < 1.29 is 13.2 Å². The highest BCUT2D eigenvalue weighted by atomic mass is 19.4. The first kappa shape index (κ1) is 21.4. The number of aryl methyl sites for hydroxylation is 1. The molecule has 8 heteroatoms. The Bertz CT molecular complexity index is 1270. The van der Waals surface area contributed by atoms with E-state index < -0.39 is 11.7 Å². The predicted octanol–water partition coefficient (Wildman–Crippen LogP) is 5.72. The molecule has 0 amide bonds. The van der Waals surface area contributed by atoms with Gasteiger partial charge >= 0.3 is 6.18 Å². The number of halogens is 3. The zero-order chi connectivity index (χ0) is 23.0. The van der Waals surface area contributed by atoms with Gasteiger partial charge < -0.3 is 9.47 Å². The van der Waals surface area contributed by atoms with E-state index in [1.165, 1.54) is 24.0 Å². The molecule has 1 aliphatic heterocycles. The Morgan fingerprint density at radius 2 is 1.70 bits per heavy atom. The minimum atomic E-state index is -4.36. The molecule has 33 heavy (non-hydrogen) atoms. The fourth-order valence-electron chi connectivity index (χ4n) is 4.40. The van der Waals surface area contributed by atoms with Crippen LogP contribution in [0.2, 0.25) is 0 Å². The van der Waals surface area contributed by atoms with Crippen molar-refractivity contribution >= 4 is 17.0 Å². The minimum absolute atomic E-state index is 0.370. The minimum Gasteiger partial charge on any atom is -0.355 e. The van der Waals surface area contributed by atoms with Crippen LogP contribution in [0.4, 0.5) is 19.0 Å². The Kier molecular flexibility index (Phi) is 5.52. The summed E-state index contributed by atoms with van der Waals surface area (Å²) in [6, 6.07) is 13.5. The Hall–Kier alpha value is -3.42. The lowest BCUT2D eigenvalue weighted by Gasteiger charge is -2.19. The molecule has 0 spiro atoms. The van der Waals surface area contributed by atoms with Gasteiger partial charge in [-0.2, -0.15) is 13.2 Å². The van der Waals surface area contributed by atoms with Gasteiger partial charge in [-0.05, 0) is 48.6 Å². The molecule has 3 heterocycles. The van der Waals surface area contributed by atoms with E-state index in [0.29, 0.717) is 12.2 Å². The summed E-state index contributed by atoms with van der Waals surface area (Å²) in [6.45, 7) is 4.30.